The summed E-state index contributed by atoms with van der Waals surface area (Å²) in [6.45, 7) is 19.3. The molecule has 0 amide bonds. The molecule has 1 aliphatic carbocycles. The predicted molar refractivity (Wildman–Crippen MR) is 295 cm³/mol. The van der Waals surface area contributed by atoms with Crippen LogP contribution >= 0.6 is 24.0 Å². The summed E-state index contributed by atoms with van der Waals surface area (Å²) in [6.07, 6.45) is 13.6. The van der Waals surface area contributed by atoms with Crippen molar-refractivity contribution in [2.45, 2.75) is 145 Å². The van der Waals surface area contributed by atoms with Crippen LogP contribution in [0.1, 0.15) is 113 Å². The predicted octanol–water partition coefficient (Wildman–Crippen LogP) is 13.5. The minimum Gasteiger partial charge on any atom is -0.487 e. The standard InChI is InChI=1S/C59H75NO3S2Si2/c1-9-11-17-30-47(62-66(57(3,4)5,49-33-20-13-21-34-49)50-35-22-14-23-36-50)42-43-53-54-44-46(29-28-41-56(64)61-10-2)60-59(54,65-48-31-18-12-19-32-48)45-55(53)63-67(58(6,7)8,51-37-24-15-25-38-51)52-39-26-16-27-40-52/h12-16,18-27,31-40,42-43,47,53-55H,9-11,17,28-30,41,44-45H2,1-8H3/t47-,53?,54?,55?,59?/m0/s1. The van der Waals surface area contributed by atoms with Crippen LogP contribution in [0.3, 0.4) is 0 Å². The molecule has 8 heteroatoms. The van der Waals surface area contributed by atoms with Gasteiger partial charge >= 0.3 is 0 Å². The first kappa shape index (κ1) is 51.0. The highest BCUT2D eigenvalue weighted by Crippen LogP contribution is 2.59. The van der Waals surface area contributed by atoms with Gasteiger partial charge in [0, 0.05) is 35.3 Å². The second-order valence-corrected chi connectivity index (χ2v) is 31.1. The van der Waals surface area contributed by atoms with Gasteiger partial charge in [0.15, 0.2) is 5.05 Å². The van der Waals surface area contributed by atoms with Crippen LogP contribution in [0.4, 0.5) is 0 Å². The largest absolute Gasteiger partial charge is 0.487 e. The summed E-state index contributed by atoms with van der Waals surface area (Å²) in [6, 6.07) is 55.6. The van der Waals surface area contributed by atoms with Crippen LogP contribution in [0.25, 0.3) is 0 Å². The second-order valence-electron chi connectivity index (χ2n) is 20.7. The minimum absolute atomic E-state index is 0.0834. The van der Waals surface area contributed by atoms with Crippen molar-refractivity contribution in [3.05, 3.63) is 164 Å². The van der Waals surface area contributed by atoms with Crippen LogP contribution in [-0.2, 0) is 13.6 Å². The molecule has 1 saturated carbocycles. The number of rotatable bonds is 21. The summed E-state index contributed by atoms with van der Waals surface area (Å²) in [5, 5.41) is 5.61. The van der Waals surface area contributed by atoms with Gasteiger partial charge in [0.05, 0.1) is 18.8 Å². The van der Waals surface area contributed by atoms with E-state index in [1.165, 1.54) is 37.8 Å². The van der Waals surface area contributed by atoms with Crippen molar-refractivity contribution in [2.24, 2.45) is 16.8 Å². The molecule has 0 N–H and O–H groups in total. The minimum atomic E-state index is -2.97. The fraction of sp³-hybridized carbons (Fsp3) is 0.424. The number of hydrogen-bond donors (Lipinski definition) is 0. The molecule has 1 heterocycles. The van der Waals surface area contributed by atoms with E-state index in [4.69, 9.17) is 30.8 Å². The quantitative estimate of drug-likeness (QED) is 0.0317. The first-order valence-corrected chi connectivity index (χ1v) is 30.0. The number of thiocarbonyl (C=S) groups is 1. The topological polar surface area (TPSA) is 40.0 Å². The van der Waals surface area contributed by atoms with Gasteiger partial charge in [-0.1, -0.05) is 231 Å². The molecule has 0 radical (unpaired) electrons. The first-order chi connectivity index (χ1) is 32.3. The van der Waals surface area contributed by atoms with E-state index in [1.54, 1.807) is 0 Å². The maximum absolute atomic E-state index is 8.29. The molecule has 4 unspecified atom stereocenters. The van der Waals surface area contributed by atoms with Crippen LogP contribution in [0.5, 0.6) is 0 Å². The molecule has 0 bridgehead atoms. The Labute approximate surface area is 415 Å². The third-order valence-electron chi connectivity index (χ3n) is 14.1. The maximum atomic E-state index is 8.29. The Morgan fingerprint density at radius 1 is 0.701 bits per heavy atom. The maximum Gasteiger partial charge on any atom is 0.261 e. The van der Waals surface area contributed by atoms with E-state index in [1.807, 2.05) is 18.7 Å². The van der Waals surface area contributed by atoms with Gasteiger partial charge in [0.2, 0.25) is 0 Å². The van der Waals surface area contributed by atoms with Crippen LogP contribution < -0.4 is 20.7 Å². The van der Waals surface area contributed by atoms with Gasteiger partial charge in [-0.25, -0.2) is 0 Å². The average Bonchev–Trinajstić information content (AvgIpc) is 3.80. The molecule has 5 aromatic carbocycles. The van der Waals surface area contributed by atoms with Crippen molar-refractivity contribution in [2.75, 3.05) is 6.61 Å². The Balaban J connectivity index is 1.38. The number of thioether (sulfide) groups is 1. The third-order valence-corrected chi connectivity index (χ3v) is 26.0. The van der Waals surface area contributed by atoms with E-state index in [9.17, 15) is 0 Å². The number of hydrogen-bond acceptors (Lipinski definition) is 6. The van der Waals surface area contributed by atoms with E-state index in [0.29, 0.717) is 11.7 Å². The molecule has 5 aromatic rings. The van der Waals surface area contributed by atoms with Crippen molar-refractivity contribution >= 4 is 72.1 Å². The van der Waals surface area contributed by atoms with Crippen LogP contribution in [0.2, 0.25) is 10.1 Å². The fourth-order valence-electron chi connectivity index (χ4n) is 11.0. The van der Waals surface area contributed by atoms with E-state index in [0.717, 1.165) is 51.4 Å². The lowest BCUT2D eigenvalue weighted by molar-refractivity contribution is 0.153. The Morgan fingerprint density at radius 2 is 1.19 bits per heavy atom. The summed E-state index contributed by atoms with van der Waals surface area (Å²) >= 11 is 7.55. The average molecular weight is 967 g/mol. The van der Waals surface area contributed by atoms with Gasteiger partial charge in [0.25, 0.3) is 16.6 Å². The number of aliphatic imine (C=N–C) groups is 1. The van der Waals surface area contributed by atoms with Crippen molar-refractivity contribution in [3.63, 3.8) is 0 Å². The molecule has 67 heavy (non-hydrogen) atoms. The van der Waals surface area contributed by atoms with Crippen LogP contribution in [0, 0.1) is 11.8 Å². The Morgan fingerprint density at radius 3 is 1.67 bits per heavy atom. The number of unbranched alkanes of at least 4 members (excludes halogenated alkanes) is 2. The molecular weight excluding hydrogens is 891 g/mol. The van der Waals surface area contributed by atoms with Crippen LogP contribution in [-0.4, -0.2) is 51.1 Å². The van der Waals surface area contributed by atoms with Gasteiger partial charge in [-0.05, 0) is 87.8 Å². The Kier molecular flexibility index (Phi) is 17.3. The summed E-state index contributed by atoms with van der Waals surface area (Å²) in [5.41, 5.74) is 1.29. The van der Waals surface area contributed by atoms with E-state index in [2.05, 4.69) is 212 Å². The molecule has 7 rings (SSSR count). The zero-order valence-electron chi connectivity index (χ0n) is 41.5. The molecule has 0 aromatic heterocycles. The molecule has 0 spiro atoms. The SMILES string of the molecule is CCCCC[C@@H](C=CC1C(O[Si](c2ccccc2)(c2ccccc2)C(C)(C)C)CC2(Sc3ccccc3)N=C(CCCC(=S)OCC)CC12)O[Si](c1ccccc1)(c1ccccc1)C(C)(C)C. The Bertz CT molecular complexity index is 2290. The molecule has 354 valence electrons. The second kappa shape index (κ2) is 22.7. The Hall–Kier alpha value is -3.90. The lowest BCUT2D eigenvalue weighted by Gasteiger charge is -2.46. The van der Waals surface area contributed by atoms with Crippen LogP contribution in [0.15, 0.2) is 174 Å². The smallest absolute Gasteiger partial charge is 0.261 e. The summed E-state index contributed by atoms with van der Waals surface area (Å²) in [4.78, 5) is 6.73. The highest BCUT2D eigenvalue weighted by molar-refractivity contribution is 8.00. The molecule has 0 saturated heterocycles. The first-order valence-electron chi connectivity index (χ1n) is 25.0. The van der Waals surface area contributed by atoms with E-state index in [-0.39, 0.29) is 34.1 Å². The third kappa shape index (κ3) is 11.4. The lowest BCUT2D eigenvalue weighted by atomic mass is 9.88. The number of ether oxygens (including phenoxy) is 1. The van der Waals surface area contributed by atoms with E-state index >= 15 is 0 Å². The molecule has 1 aliphatic heterocycles. The molecule has 4 nitrogen and oxygen atoms in total. The molecule has 2 aliphatic rings. The highest BCUT2D eigenvalue weighted by atomic mass is 32.2. The normalized spacial score (nSPS) is 20.4. The molecule has 5 atom stereocenters. The monoisotopic (exact) mass is 965 g/mol. The molecular formula is C59H75NO3S2Si2. The highest BCUT2D eigenvalue weighted by Gasteiger charge is 2.61. The van der Waals surface area contributed by atoms with Gasteiger partial charge in [-0.3, -0.25) is 4.99 Å². The molecule has 1 fully saturated rings. The van der Waals surface area contributed by atoms with Gasteiger partial charge in [0.1, 0.15) is 4.87 Å². The van der Waals surface area contributed by atoms with Crippen molar-refractivity contribution in [3.8, 4) is 0 Å². The zero-order valence-corrected chi connectivity index (χ0v) is 45.1. The fourth-order valence-corrected chi connectivity index (χ4v) is 22.2. The van der Waals surface area contributed by atoms with Crippen molar-refractivity contribution in [1.82, 2.24) is 0 Å². The van der Waals surface area contributed by atoms with Crippen molar-refractivity contribution < 1.29 is 13.6 Å². The van der Waals surface area contributed by atoms with Gasteiger partial charge < -0.3 is 13.6 Å². The lowest BCUT2D eigenvalue weighted by Crippen LogP contribution is -2.68. The zero-order chi connectivity index (χ0) is 47.5. The summed E-state index contributed by atoms with van der Waals surface area (Å²) in [5.74, 6) is 0.301. The summed E-state index contributed by atoms with van der Waals surface area (Å²) < 4.78 is 22.0. The van der Waals surface area contributed by atoms with Crippen molar-refractivity contribution in [1.29, 1.82) is 0 Å². The van der Waals surface area contributed by atoms with Gasteiger partial charge in [-0.15, -0.1) is 0 Å². The number of nitrogens with zero attached hydrogens (tertiary/aromatic N) is 1. The van der Waals surface area contributed by atoms with E-state index < -0.39 is 21.5 Å². The number of benzene rings is 5. The van der Waals surface area contributed by atoms with Gasteiger partial charge in [-0.2, -0.15) is 0 Å². The summed E-state index contributed by atoms with van der Waals surface area (Å²) in [7, 11) is -5.84. The number of fused-ring (bicyclic) bond motifs is 1.